The first-order valence-electron chi connectivity index (χ1n) is 9.41. The standard InChI is InChI=1S/C22H19FO6S2/c23-22(30(25,26)16-9-3-1-4-10-16,31(27,28)17-11-5-2-6-12-17)19-15-21(24)29-20-14-8-7-13-18(19)20/h1-14,19,21,24H,15H2/t19-,21?/m0/s1. The van der Waals surface area contributed by atoms with Crippen LogP contribution in [0.1, 0.15) is 17.9 Å². The lowest BCUT2D eigenvalue weighted by Crippen LogP contribution is -2.50. The predicted octanol–water partition coefficient (Wildman–Crippen LogP) is 3.44. The monoisotopic (exact) mass is 462 g/mol. The van der Waals surface area contributed by atoms with Gasteiger partial charge in [-0.2, -0.15) is 0 Å². The number of aliphatic hydroxyl groups excluding tert-OH is 1. The van der Waals surface area contributed by atoms with Crippen molar-refractivity contribution in [3.63, 3.8) is 0 Å². The van der Waals surface area contributed by atoms with Gasteiger partial charge in [0.1, 0.15) is 5.75 Å². The first kappa shape index (κ1) is 21.5. The van der Waals surface area contributed by atoms with Crippen LogP contribution in [0.2, 0.25) is 0 Å². The second-order valence-corrected chi connectivity index (χ2v) is 11.5. The summed E-state index contributed by atoms with van der Waals surface area (Å²) in [5.41, 5.74) is 0.0503. The zero-order valence-electron chi connectivity index (χ0n) is 16.1. The number of rotatable bonds is 5. The molecule has 9 heteroatoms. The van der Waals surface area contributed by atoms with Crippen molar-refractivity contribution in [1.82, 2.24) is 0 Å². The minimum absolute atomic E-state index is 0.0276. The highest BCUT2D eigenvalue weighted by Gasteiger charge is 2.64. The van der Waals surface area contributed by atoms with Crippen LogP contribution in [-0.2, 0) is 19.7 Å². The quantitative estimate of drug-likeness (QED) is 0.624. The Morgan fingerprint density at radius 3 is 1.74 bits per heavy atom. The van der Waals surface area contributed by atoms with E-state index in [1.54, 1.807) is 6.07 Å². The number of para-hydroxylation sites is 1. The summed E-state index contributed by atoms with van der Waals surface area (Å²) in [4.78, 5) is -0.953. The van der Waals surface area contributed by atoms with Gasteiger partial charge in [-0.3, -0.25) is 0 Å². The molecule has 0 aliphatic carbocycles. The lowest BCUT2D eigenvalue weighted by atomic mass is 9.93. The third-order valence-electron chi connectivity index (χ3n) is 5.25. The molecule has 0 amide bonds. The third kappa shape index (κ3) is 3.33. The molecule has 1 aliphatic heterocycles. The molecule has 0 saturated carbocycles. The first-order valence-corrected chi connectivity index (χ1v) is 12.4. The molecule has 0 saturated heterocycles. The number of sulfone groups is 2. The molecule has 1 unspecified atom stereocenters. The maximum Gasteiger partial charge on any atom is 0.324 e. The molecule has 31 heavy (non-hydrogen) atoms. The van der Waals surface area contributed by atoms with Gasteiger partial charge in [0, 0.05) is 12.0 Å². The summed E-state index contributed by atoms with van der Waals surface area (Å²) in [6.07, 6.45) is -2.14. The summed E-state index contributed by atoms with van der Waals surface area (Å²) in [6.45, 7) is 0. The number of aliphatic hydroxyl groups is 1. The molecule has 4 rings (SSSR count). The van der Waals surface area contributed by atoms with Gasteiger partial charge in [-0.15, -0.1) is 0 Å². The Hall–Kier alpha value is -2.75. The predicted molar refractivity (Wildman–Crippen MR) is 112 cm³/mol. The van der Waals surface area contributed by atoms with Crippen LogP contribution in [0.5, 0.6) is 5.75 Å². The van der Waals surface area contributed by atoms with E-state index in [9.17, 15) is 21.9 Å². The summed E-state index contributed by atoms with van der Waals surface area (Å²) in [5.74, 6) is -1.71. The third-order valence-corrected chi connectivity index (χ3v) is 10.4. The minimum atomic E-state index is -5.09. The average Bonchev–Trinajstić information content (AvgIpc) is 2.78. The summed E-state index contributed by atoms with van der Waals surface area (Å²) in [6, 6.07) is 19.1. The molecule has 3 aromatic rings. The topological polar surface area (TPSA) is 97.7 Å². The van der Waals surface area contributed by atoms with Crippen molar-refractivity contribution in [2.24, 2.45) is 0 Å². The van der Waals surface area contributed by atoms with E-state index in [1.165, 1.54) is 54.6 Å². The normalized spacial score (nSPS) is 19.3. The van der Waals surface area contributed by atoms with Crippen LogP contribution in [-0.4, -0.2) is 32.6 Å². The van der Waals surface area contributed by atoms with Crippen molar-refractivity contribution in [2.75, 3.05) is 0 Å². The Labute approximate surface area is 179 Å². The van der Waals surface area contributed by atoms with Gasteiger partial charge >= 0.3 is 4.33 Å². The summed E-state index contributed by atoms with van der Waals surface area (Å²) >= 11 is 0. The fraction of sp³-hybridized carbons (Fsp3) is 0.182. The van der Waals surface area contributed by atoms with Crippen LogP contribution in [0.25, 0.3) is 0 Å². The molecular formula is C22H19FO6S2. The lowest BCUT2D eigenvalue weighted by molar-refractivity contribution is -0.0444. The molecule has 1 N–H and O–H groups in total. The van der Waals surface area contributed by atoms with Gasteiger partial charge in [-0.1, -0.05) is 54.6 Å². The highest BCUT2D eigenvalue weighted by atomic mass is 32.3. The van der Waals surface area contributed by atoms with E-state index in [0.29, 0.717) is 0 Å². The summed E-state index contributed by atoms with van der Waals surface area (Å²) in [7, 11) is -10.2. The number of hydrogen-bond acceptors (Lipinski definition) is 6. The first-order chi connectivity index (χ1) is 14.7. The van der Waals surface area contributed by atoms with Crippen LogP contribution in [0.3, 0.4) is 0 Å². The molecule has 0 fully saturated rings. The van der Waals surface area contributed by atoms with Gasteiger partial charge < -0.3 is 9.84 Å². The fourth-order valence-electron chi connectivity index (χ4n) is 3.77. The van der Waals surface area contributed by atoms with E-state index in [0.717, 1.165) is 24.3 Å². The molecule has 2 atom stereocenters. The molecule has 6 nitrogen and oxygen atoms in total. The molecular weight excluding hydrogens is 443 g/mol. The van der Waals surface area contributed by atoms with E-state index < -0.39 is 52.4 Å². The van der Waals surface area contributed by atoms with E-state index >= 15 is 4.39 Å². The number of ether oxygens (including phenoxy) is 1. The van der Waals surface area contributed by atoms with E-state index in [1.807, 2.05) is 0 Å². The lowest BCUT2D eigenvalue weighted by Gasteiger charge is -2.37. The van der Waals surface area contributed by atoms with Crippen molar-refractivity contribution in [2.45, 2.75) is 32.8 Å². The van der Waals surface area contributed by atoms with E-state index in [4.69, 9.17) is 4.74 Å². The molecule has 0 radical (unpaired) electrons. The Morgan fingerprint density at radius 1 is 0.774 bits per heavy atom. The molecule has 162 valence electrons. The van der Waals surface area contributed by atoms with Gasteiger partial charge in [0.2, 0.25) is 19.7 Å². The number of benzene rings is 3. The van der Waals surface area contributed by atoms with Gasteiger partial charge in [-0.25, -0.2) is 21.2 Å². The van der Waals surface area contributed by atoms with Crippen LogP contribution in [0.4, 0.5) is 4.39 Å². The zero-order valence-corrected chi connectivity index (χ0v) is 17.8. The van der Waals surface area contributed by atoms with Crippen molar-refractivity contribution in [1.29, 1.82) is 0 Å². The molecule has 0 aromatic heterocycles. The summed E-state index contributed by atoms with van der Waals surface area (Å²) < 4.78 is 73.1. The van der Waals surface area contributed by atoms with Crippen LogP contribution in [0.15, 0.2) is 94.7 Å². The SMILES string of the molecule is O=S(=O)(c1ccccc1)C(F)([C@H]1CC(O)Oc2ccccc21)S(=O)(=O)c1ccccc1. The number of alkyl halides is 1. The Bertz CT molecular complexity index is 1220. The second kappa shape index (κ2) is 7.74. The van der Waals surface area contributed by atoms with E-state index in [-0.39, 0.29) is 11.3 Å². The largest absolute Gasteiger partial charge is 0.465 e. The highest BCUT2D eigenvalue weighted by molar-refractivity contribution is 8.10. The molecule has 1 heterocycles. The van der Waals surface area contributed by atoms with Gasteiger partial charge in [-0.05, 0) is 30.3 Å². The molecule has 3 aromatic carbocycles. The van der Waals surface area contributed by atoms with E-state index in [2.05, 4.69) is 0 Å². The Morgan fingerprint density at radius 2 is 1.23 bits per heavy atom. The molecule has 0 bridgehead atoms. The average molecular weight is 463 g/mol. The van der Waals surface area contributed by atoms with Gasteiger partial charge in [0.25, 0.3) is 0 Å². The van der Waals surface area contributed by atoms with Crippen LogP contribution in [0, 0.1) is 0 Å². The van der Waals surface area contributed by atoms with Crippen molar-refractivity contribution in [3.8, 4) is 5.75 Å². The molecule has 1 aliphatic rings. The maximum absolute atomic E-state index is 17.1. The smallest absolute Gasteiger partial charge is 0.324 e. The van der Waals surface area contributed by atoms with Crippen molar-refractivity contribution < 1.29 is 31.1 Å². The molecule has 0 spiro atoms. The van der Waals surface area contributed by atoms with Gasteiger partial charge in [0.15, 0.2) is 6.29 Å². The van der Waals surface area contributed by atoms with Crippen LogP contribution < -0.4 is 4.74 Å². The highest BCUT2D eigenvalue weighted by Crippen LogP contribution is 2.52. The van der Waals surface area contributed by atoms with Crippen molar-refractivity contribution >= 4 is 19.7 Å². The number of hydrogen-bond donors (Lipinski definition) is 1. The summed E-state index contributed by atoms with van der Waals surface area (Å²) in [5, 5.41) is 10.2. The number of halogens is 1. The van der Waals surface area contributed by atoms with Crippen LogP contribution >= 0.6 is 0 Å². The fourth-order valence-corrected chi connectivity index (χ4v) is 8.37. The minimum Gasteiger partial charge on any atom is -0.465 e. The Kier molecular flexibility index (Phi) is 5.36. The maximum atomic E-state index is 17.1. The van der Waals surface area contributed by atoms with Gasteiger partial charge in [0.05, 0.1) is 15.7 Å². The van der Waals surface area contributed by atoms with Crippen molar-refractivity contribution in [3.05, 3.63) is 90.5 Å². The Balaban J connectivity index is 2.05. The zero-order chi connectivity index (χ0) is 22.3. The number of fused-ring (bicyclic) bond motifs is 1. The second-order valence-electron chi connectivity index (χ2n) is 7.11.